The predicted octanol–water partition coefficient (Wildman–Crippen LogP) is 1.54. The highest BCUT2D eigenvalue weighted by molar-refractivity contribution is 5.76. The fourth-order valence-corrected chi connectivity index (χ4v) is 2.32. The Morgan fingerprint density at radius 2 is 1.90 bits per heavy atom. The molecule has 0 amide bonds. The molecule has 6 heteroatoms. The summed E-state index contributed by atoms with van der Waals surface area (Å²) in [6.45, 7) is 5.12. The van der Waals surface area contributed by atoms with Gasteiger partial charge in [-0.25, -0.2) is 0 Å². The van der Waals surface area contributed by atoms with E-state index in [1.807, 2.05) is 0 Å². The van der Waals surface area contributed by atoms with Crippen LogP contribution in [0.4, 0.5) is 0 Å². The number of aldehydes is 1. The summed E-state index contributed by atoms with van der Waals surface area (Å²) in [5, 5.41) is 0. The number of carbonyl (C=O) groups excluding carboxylic acids is 1. The van der Waals surface area contributed by atoms with Crippen molar-refractivity contribution >= 4 is 12.0 Å². The lowest BCUT2D eigenvalue weighted by Crippen LogP contribution is -2.29. The maximum atomic E-state index is 11.1. The van der Waals surface area contributed by atoms with Gasteiger partial charge in [0.1, 0.15) is 17.2 Å². The second kappa shape index (κ2) is 6.49. The molecule has 0 saturated carbocycles. The first-order valence-corrected chi connectivity index (χ1v) is 6.49. The van der Waals surface area contributed by atoms with Crippen LogP contribution < -0.4 is 14.2 Å². The molecule has 0 bridgehead atoms. The summed E-state index contributed by atoms with van der Waals surface area (Å²) in [6.07, 6.45) is 0.120. The first-order chi connectivity index (χ1) is 10.2. The standard InChI is InChI=1S/C15H19NO5/c1-10(16-5-6-21-14(16)9-17)15-12(19-3)7-11(18-2)8-13(15)20-4/h7-9,14H,1,5-6H2,2-4H3. The lowest BCUT2D eigenvalue weighted by Gasteiger charge is -2.26. The quantitative estimate of drug-likeness (QED) is 0.742. The number of nitrogens with zero attached hydrogens (tertiary/aromatic N) is 1. The number of carbonyl (C=O) groups is 1. The van der Waals surface area contributed by atoms with E-state index in [0.717, 1.165) is 6.29 Å². The molecule has 114 valence electrons. The van der Waals surface area contributed by atoms with Crippen molar-refractivity contribution in [3.63, 3.8) is 0 Å². The van der Waals surface area contributed by atoms with Gasteiger partial charge in [0.05, 0.1) is 33.5 Å². The third-order valence-electron chi connectivity index (χ3n) is 3.39. The molecular weight excluding hydrogens is 274 g/mol. The molecule has 1 aliphatic heterocycles. The molecule has 0 aromatic heterocycles. The van der Waals surface area contributed by atoms with Crippen molar-refractivity contribution in [2.24, 2.45) is 0 Å². The largest absolute Gasteiger partial charge is 0.496 e. The Balaban J connectivity index is 2.46. The zero-order valence-electron chi connectivity index (χ0n) is 12.4. The van der Waals surface area contributed by atoms with E-state index in [9.17, 15) is 4.79 Å². The molecule has 1 atom stereocenters. The van der Waals surface area contributed by atoms with Crippen molar-refractivity contribution in [3.05, 3.63) is 24.3 Å². The minimum Gasteiger partial charge on any atom is -0.496 e. The van der Waals surface area contributed by atoms with Crippen molar-refractivity contribution in [2.45, 2.75) is 6.23 Å². The van der Waals surface area contributed by atoms with Crippen LogP contribution in [-0.2, 0) is 9.53 Å². The highest BCUT2D eigenvalue weighted by Crippen LogP contribution is 2.40. The van der Waals surface area contributed by atoms with Crippen LogP contribution in [0.15, 0.2) is 18.7 Å². The summed E-state index contributed by atoms with van der Waals surface area (Å²) in [4.78, 5) is 12.9. The molecule has 1 aliphatic rings. The highest BCUT2D eigenvalue weighted by Gasteiger charge is 2.29. The Kier molecular flexibility index (Phi) is 4.70. The zero-order valence-corrected chi connectivity index (χ0v) is 12.4. The van der Waals surface area contributed by atoms with Gasteiger partial charge in [-0.15, -0.1) is 0 Å². The first-order valence-electron chi connectivity index (χ1n) is 6.49. The molecule has 6 nitrogen and oxygen atoms in total. The van der Waals surface area contributed by atoms with Gasteiger partial charge in [0.15, 0.2) is 12.5 Å². The smallest absolute Gasteiger partial charge is 0.186 e. The average molecular weight is 293 g/mol. The van der Waals surface area contributed by atoms with Gasteiger partial charge in [0.2, 0.25) is 0 Å². The van der Waals surface area contributed by atoms with Crippen LogP contribution in [0.5, 0.6) is 17.2 Å². The number of ether oxygens (including phenoxy) is 4. The van der Waals surface area contributed by atoms with Crippen LogP contribution in [0.1, 0.15) is 5.56 Å². The van der Waals surface area contributed by atoms with Gasteiger partial charge in [-0.1, -0.05) is 6.58 Å². The Hall–Kier alpha value is -2.21. The zero-order chi connectivity index (χ0) is 15.4. The number of rotatable bonds is 6. The average Bonchev–Trinajstić information content (AvgIpc) is 3.01. The van der Waals surface area contributed by atoms with Gasteiger partial charge < -0.3 is 23.8 Å². The van der Waals surface area contributed by atoms with E-state index >= 15 is 0 Å². The molecular formula is C15H19NO5. The van der Waals surface area contributed by atoms with E-state index in [-0.39, 0.29) is 0 Å². The number of hydrogen-bond donors (Lipinski definition) is 0. The lowest BCUT2D eigenvalue weighted by molar-refractivity contribution is -0.119. The fourth-order valence-electron chi connectivity index (χ4n) is 2.32. The van der Waals surface area contributed by atoms with E-state index in [1.54, 1.807) is 38.4 Å². The van der Waals surface area contributed by atoms with E-state index in [0.29, 0.717) is 41.7 Å². The van der Waals surface area contributed by atoms with Crippen molar-refractivity contribution < 1.29 is 23.7 Å². The molecule has 0 aliphatic carbocycles. The van der Waals surface area contributed by atoms with Crippen LogP contribution in [0.25, 0.3) is 5.70 Å². The van der Waals surface area contributed by atoms with E-state index < -0.39 is 6.23 Å². The van der Waals surface area contributed by atoms with Gasteiger partial charge in [0.25, 0.3) is 0 Å². The molecule has 1 saturated heterocycles. The molecule has 2 rings (SSSR count). The minimum atomic E-state index is -0.631. The molecule has 0 radical (unpaired) electrons. The van der Waals surface area contributed by atoms with Crippen LogP contribution in [0.3, 0.4) is 0 Å². The highest BCUT2D eigenvalue weighted by atomic mass is 16.5. The van der Waals surface area contributed by atoms with Crippen LogP contribution in [0.2, 0.25) is 0 Å². The van der Waals surface area contributed by atoms with Crippen molar-refractivity contribution in [1.29, 1.82) is 0 Å². The predicted molar refractivity (Wildman–Crippen MR) is 77.6 cm³/mol. The molecule has 1 fully saturated rings. The van der Waals surface area contributed by atoms with E-state index in [1.165, 1.54) is 0 Å². The number of methoxy groups -OCH3 is 3. The number of benzene rings is 1. The van der Waals surface area contributed by atoms with Gasteiger partial charge in [-0.05, 0) is 0 Å². The van der Waals surface area contributed by atoms with Crippen molar-refractivity contribution in [2.75, 3.05) is 34.5 Å². The Bertz CT molecular complexity index is 518. The maximum Gasteiger partial charge on any atom is 0.186 e. The van der Waals surface area contributed by atoms with Gasteiger partial charge in [-0.3, -0.25) is 4.79 Å². The summed E-state index contributed by atoms with van der Waals surface area (Å²) in [5.74, 6) is 1.74. The van der Waals surface area contributed by atoms with Gasteiger partial charge in [0, 0.05) is 24.4 Å². The third-order valence-corrected chi connectivity index (χ3v) is 3.39. The van der Waals surface area contributed by atoms with Crippen molar-refractivity contribution in [3.8, 4) is 17.2 Å². The Morgan fingerprint density at radius 1 is 1.29 bits per heavy atom. The van der Waals surface area contributed by atoms with Gasteiger partial charge in [-0.2, -0.15) is 0 Å². The molecule has 1 aromatic rings. The topological polar surface area (TPSA) is 57.2 Å². The number of hydrogen-bond acceptors (Lipinski definition) is 6. The normalized spacial score (nSPS) is 17.5. The van der Waals surface area contributed by atoms with Crippen LogP contribution >= 0.6 is 0 Å². The summed E-state index contributed by atoms with van der Waals surface area (Å²) in [7, 11) is 4.69. The summed E-state index contributed by atoms with van der Waals surface area (Å²) in [5.41, 5.74) is 1.29. The van der Waals surface area contributed by atoms with E-state index in [2.05, 4.69) is 6.58 Å². The second-order valence-electron chi connectivity index (χ2n) is 4.44. The Labute approximate surface area is 123 Å². The molecule has 1 unspecified atom stereocenters. The van der Waals surface area contributed by atoms with Gasteiger partial charge >= 0.3 is 0 Å². The summed E-state index contributed by atoms with van der Waals surface area (Å²) in [6, 6.07) is 3.49. The fraction of sp³-hybridized carbons (Fsp3) is 0.400. The molecule has 1 aromatic carbocycles. The molecule has 0 spiro atoms. The second-order valence-corrected chi connectivity index (χ2v) is 4.44. The minimum absolute atomic E-state index is 0.475. The molecule has 0 N–H and O–H groups in total. The van der Waals surface area contributed by atoms with Crippen LogP contribution in [0, 0.1) is 0 Å². The van der Waals surface area contributed by atoms with E-state index in [4.69, 9.17) is 18.9 Å². The van der Waals surface area contributed by atoms with Crippen molar-refractivity contribution in [1.82, 2.24) is 4.90 Å². The monoisotopic (exact) mass is 293 g/mol. The molecule has 1 heterocycles. The lowest BCUT2D eigenvalue weighted by atomic mass is 10.1. The summed E-state index contributed by atoms with van der Waals surface area (Å²) >= 11 is 0. The Morgan fingerprint density at radius 3 is 2.38 bits per heavy atom. The molecule has 21 heavy (non-hydrogen) atoms. The SMILES string of the molecule is C=C(c1c(OC)cc(OC)cc1OC)N1CCOC1C=O. The van der Waals surface area contributed by atoms with Crippen LogP contribution in [-0.4, -0.2) is 51.9 Å². The third kappa shape index (κ3) is 2.80. The maximum absolute atomic E-state index is 11.1. The summed E-state index contributed by atoms with van der Waals surface area (Å²) < 4.78 is 21.4. The first kappa shape index (κ1) is 15.2.